The molecule has 0 radical (unpaired) electrons. The predicted octanol–water partition coefficient (Wildman–Crippen LogP) is 2.25. The number of amides is 1. The lowest BCUT2D eigenvalue weighted by molar-refractivity contribution is -0.125. The van der Waals surface area contributed by atoms with Gasteiger partial charge >= 0.3 is 5.97 Å². The zero-order chi connectivity index (χ0) is 21.1. The van der Waals surface area contributed by atoms with Crippen LogP contribution in [0.4, 0.5) is 0 Å². The molecule has 0 unspecified atom stereocenters. The normalized spacial score (nSPS) is 19.7. The minimum absolute atomic E-state index is 0.00228. The monoisotopic (exact) mass is 434 g/mol. The van der Waals surface area contributed by atoms with Crippen LogP contribution in [0.3, 0.4) is 0 Å². The van der Waals surface area contributed by atoms with E-state index in [0.29, 0.717) is 11.4 Å². The van der Waals surface area contributed by atoms with Gasteiger partial charge in [-0.15, -0.1) is 11.3 Å². The lowest BCUT2D eigenvalue weighted by atomic mass is 9.79. The third-order valence-corrected chi connectivity index (χ3v) is 7.49. The quantitative estimate of drug-likeness (QED) is 0.702. The summed E-state index contributed by atoms with van der Waals surface area (Å²) >= 11 is 1.33. The molecule has 1 N–H and O–H groups in total. The van der Waals surface area contributed by atoms with E-state index in [-0.39, 0.29) is 18.1 Å². The number of thiophene rings is 1. The Morgan fingerprint density at radius 1 is 1.27 bits per heavy atom. The number of rotatable bonds is 6. The number of aromatic nitrogens is 2. The molecule has 1 saturated carbocycles. The topological polar surface area (TPSA) is 85.7 Å². The molecule has 1 aliphatic heterocycles. The van der Waals surface area contributed by atoms with Crippen LogP contribution in [-0.2, 0) is 21.3 Å². The number of nitrogens with zero attached hydrogens (tertiary/aromatic N) is 3. The van der Waals surface area contributed by atoms with Crippen molar-refractivity contribution < 1.29 is 19.1 Å². The first-order valence-electron chi connectivity index (χ1n) is 10.7. The van der Waals surface area contributed by atoms with Gasteiger partial charge in [0.2, 0.25) is 0 Å². The standard InChI is InChI=1S/C21H30N4O4S/c1-15-16-12-17(30-19(16)24(2)23-15)20(27)29-13-18(26)22-14-21(6-4-3-5-7-21)25-8-10-28-11-9-25/h12H,3-11,13-14H2,1-2H3,(H,22,26). The Bertz CT molecular complexity index is 875. The maximum atomic E-state index is 12.4. The molecule has 8 nitrogen and oxygen atoms in total. The van der Waals surface area contributed by atoms with E-state index in [0.717, 1.165) is 55.1 Å². The number of aryl methyl sites for hydroxylation is 2. The Kier molecular flexibility index (Phi) is 6.40. The first kappa shape index (κ1) is 21.3. The van der Waals surface area contributed by atoms with Gasteiger partial charge in [0.25, 0.3) is 5.91 Å². The van der Waals surface area contributed by atoms with Gasteiger partial charge in [-0.05, 0) is 25.8 Å². The summed E-state index contributed by atoms with van der Waals surface area (Å²) in [6.07, 6.45) is 5.79. The first-order valence-corrected chi connectivity index (χ1v) is 11.5. The number of hydrogen-bond donors (Lipinski definition) is 1. The molecule has 0 atom stereocenters. The van der Waals surface area contributed by atoms with E-state index in [4.69, 9.17) is 9.47 Å². The Hall–Kier alpha value is -1.97. The SMILES string of the molecule is Cc1nn(C)c2sc(C(=O)OCC(=O)NCC3(N4CCOCC4)CCCCC3)cc12. The second kappa shape index (κ2) is 9.03. The molecule has 1 amide bonds. The number of carbonyl (C=O) groups is 2. The molecule has 2 aromatic rings. The number of nitrogens with one attached hydrogen (secondary N) is 1. The Balaban J connectivity index is 1.32. The van der Waals surface area contributed by atoms with Crippen LogP contribution in [0.5, 0.6) is 0 Å². The van der Waals surface area contributed by atoms with E-state index in [1.54, 1.807) is 10.7 Å². The van der Waals surface area contributed by atoms with Crippen LogP contribution in [0, 0.1) is 6.92 Å². The van der Waals surface area contributed by atoms with Gasteiger partial charge in [0.15, 0.2) is 6.61 Å². The highest BCUT2D eigenvalue weighted by Crippen LogP contribution is 2.34. The molecule has 1 aliphatic carbocycles. The van der Waals surface area contributed by atoms with Gasteiger partial charge in [0.05, 0.1) is 18.9 Å². The van der Waals surface area contributed by atoms with Crippen LogP contribution in [0.25, 0.3) is 10.2 Å². The van der Waals surface area contributed by atoms with Crippen LogP contribution in [-0.4, -0.2) is 71.6 Å². The molecule has 4 rings (SSSR count). The fourth-order valence-corrected chi connectivity index (χ4v) is 5.69. The Morgan fingerprint density at radius 2 is 2.00 bits per heavy atom. The lowest BCUT2D eigenvalue weighted by Crippen LogP contribution is -2.59. The van der Waals surface area contributed by atoms with Crippen LogP contribution >= 0.6 is 11.3 Å². The molecular formula is C21H30N4O4S. The maximum Gasteiger partial charge on any atom is 0.348 e. The van der Waals surface area contributed by atoms with Gasteiger partial charge in [-0.2, -0.15) is 5.10 Å². The van der Waals surface area contributed by atoms with Crippen molar-refractivity contribution in [3.8, 4) is 0 Å². The molecule has 3 heterocycles. The van der Waals surface area contributed by atoms with E-state index in [2.05, 4.69) is 15.3 Å². The van der Waals surface area contributed by atoms with Crippen molar-refractivity contribution in [1.82, 2.24) is 20.0 Å². The van der Waals surface area contributed by atoms with Gasteiger partial charge in [-0.1, -0.05) is 19.3 Å². The second-order valence-corrected chi connectivity index (χ2v) is 9.31. The molecular weight excluding hydrogens is 404 g/mol. The number of morpholine rings is 1. The number of esters is 1. The molecule has 2 aliphatic rings. The van der Waals surface area contributed by atoms with Gasteiger partial charge in [-0.3, -0.25) is 14.4 Å². The van der Waals surface area contributed by atoms with Gasteiger partial charge < -0.3 is 14.8 Å². The van der Waals surface area contributed by atoms with E-state index in [1.165, 1.54) is 30.6 Å². The average Bonchev–Trinajstić information content (AvgIpc) is 3.33. The third kappa shape index (κ3) is 4.38. The zero-order valence-corrected chi connectivity index (χ0v) is 18.6. The summed E-state index contributed by atoms with van der Waals surface area (Å²) in [6, 6.07) is 1.79. The summed E-state index contributed by atoms with van der Waals surface area (Å²) in [7, 11) is 1.85. The summed E-state index contributed by atoms with van der Waals surface area (Å²) < 4.78 is 12.5. The van der Waals surface area contributed by atoms with Gasteiger partial charge in [-0.25, -0.2) is 4.79 Å². The van der Waals surface area contributed by atoms with Crippen LogP contribution in [0.15, 0.2) is 6.07 Å². The second-order valence-electron chi connectivity index (χ2n) is 8.28. The Labute approximate surface area is 180 Å². The molecule has 2 fully saturated rings. The Morgan fingerprint density at radius 3 is 2.70 bits per heavy atom. The van der Waals surface area contributed by atoms with Crippen LogP contribution in [0.1, 0.15) is 47.5 Å². The molecule has 2 aromatic heterocycles. The van der Waals surface area contributed by atoms with Crippen molar-refractivity contribution in [2.24, 2.45) is 7.05 Å². The summed E-state index contributed by atoms with van der Waals surface area (Å²) in [5.74, 6) is -0.716. The number of fused-ring (bicyclic) bond motifs is 1. The fraction of sp³-hybridized carbons (Fsp3) is 0.667. The van der Waals surface area contributed by atoms with E-state index < -0.39 is 5.97 Å². The lowest BCUT2D eigenvalue weighted by Gasteiger charge is -2.48. The highest BCUT2D eigenvalue weighted by atomic mass is 32.1. The van der Waals surface area contributed by atoms with Crippen molar-refractivity contribution in [2.45, 2.75) is 44.6 Å². The molecule has 0 spiro atoms. The fourth-order valence-electron chi connectivity index (χ4n) is 4.67. The summed E-state index contributed by atoms with van der Waals surface area (Å²) in [4.78, 5) is 28.7. The summed E-state index contributed by atoms with van der Waals surface area (Å²) in [5, 5.41) is 8.31. The largest absolute Gasteiger partial charge is 0.451 e. The summed E-state index contributed by atoms with van der Waals surface area (Å²) in [5.41, 5.74) is 0.874. The average molecular weight is 435 g/mol. The minimum Gasteiger partial charge on any atom is -0.451 e. The number of ether oxygens (including phenoxy) is 2. The van der Waals surface area contributed by atoms with Crippen molar-refractivity contribution in [3.05, 3.63) is 16.6 Å². The highest BCUT2D eigenvalue weighted by molar-refractivity contribution is 7.20. The molecule has 164 valence electrons. The zero-order valence-electron chi connectivity index (χ0n) is 17.7. The highest BCUT2D eigenvalue weighted by Gasteiger charge is 2.38. The predicted molar refractivity (Wildman–Crippen MR) is 115 cm³/mol. The van der Waals surface area contributed by atoms with Gasteiger partial charge in [0.1, 0.15) is 9.71 Å². The van der Waals surface area contributed by atoms with E-state index >= 15 is 0 Å². The van der Waals surface area contributed by atoms with E-state index in [9.17, 15) is 9.59 Å². The van der Waals surface area contributed by atoms with Crippen LogP contribution in [0.2, 0.25) is 0 Å². The van der Waals surface area contributed by atoms with Crippen LogP contribution < -0.4 is 5.32 Å². The maximum absolute atomic E-state index is 12.4. The van der Waals surface area contributed by atoms with E-state index in [1.807, 2.05) is 14.0 Å². The van der Waals surface area contributed by atoms with Crippen molar-refractivity contribution in [2.75, 3.05) is 39.5 Å². The first-order chi connectivity index (χ1) is 14.5. The summed E-state index contributed by atoms with van der Waals surface area (Å²) in [6.45, 7) is 5.55. The molecule has 0 aromatic carbocycles. The number of hydrogen-bond acceptors (Lipinski definition) is 7. The third-order valence-electron chi connectivity index (χ3n) is 6.31. The molecule has 0 bridgehead atoms. The molecule has 30 heavy (non-hydrogen) atoms. The van der Waals surface area contributed by atoms with Crippen molar-refractivity contribution in [3.63, 3.8) is 0 Å². The number of carbonyl (C=O) groups excluding carboxylic acids is 2. The smallest absolute Gasteiger partial charge is 0.348 e. The van der Waals surface area contributed by atoms with Gasteiger partial charge in [0, 0.05) is 37.6 Å². The molecule has 1 saturated heterocycles. The van der Waals surface area contributed by atoms with Crippen molar-refractivity contribution >= 4 is 33.4 Å². The molecule has 9 heteroatoms. The van der Waals surface area contributed by atoms with Crippen molar-refractivity contribution in [1.29, 1.82) is 0 Å². The minimum atomic E-state index is -0.466.